The van der Waals surface area contributed by atoms with Crippen molar-refractivity contribution in [2.45, 2.75) is 63.1 Å². The number of halogens is 2. The van der Waals surface area contributed by atoms with Gasteiger partial charge in [-0.2, -0.15) is 0 Å². The fourth-order valence-electron chi connectivity index (χ4n) is 4.50. The van der Waals surface area contributed by atoms with E-state index in [1.165, 1.54) is 0 Å². The number of aliphatic hydroxyl groups is 1. The minimum Gasteiger partial charge on any atom is -0.382 e. The van der Waals surface area contributed by atoms with Crippen molar-refractivity contribution in [2.24, 2.45) is 16.9 Å². The number of hydrogen-bond acceptors (Lipinski definition) is 5. The Bertz CT molecular complexity index is 946. The van der Waals surface area contributed by atoms with Gasteiger partial charge in [0.15, 0.2) is 0 Å². The number of carbonyl (C=O) groups excluding carboxylic acids is 2. The van der Waals surface area contributed by atoms with Gasteiger partial charge in [-0.1, -0.05) is 56.3 Å². The van der Waals surface area contributed by atoms with Gasteiger partial charge in [-0.05, 0) is 42.9 Å². The van der Waals surface area contributed by atoms with Crippen LogP contribution in [0, 0.1) is 5.41 Å². The molecule has 1 aromatic carbocycles. The SMILES string of the molecule is C=C(F)/C=C(/CC(N)CC(=O)NCC1(CNC(=O)C(O)C(N)Cc2ccccc2)CCCC1)C(=C)F. The Morgan fingerprint density at radius 2 is 1.67 bits per heavy atom. The molecule has 0 heterocycles. The zero-order chi connectivity index (χ0) is 26.7. The summed E-state index contributed by atoms with van der Waals surface area (Å²) in [5, 5.41) is 16.1. The summed E-state index contributed by atoms with van der Waals surface area (Å²) in [5.74, 6) is -2.51. The Labute approximate surface area is 211 Å². The summed E-state index contributed by atoms with van der Waals surface area (Å²) in [5.41, 5.74) is 12.6. The zero-order valence-electron chi connectivity index (χ0n) is 20.6. The van der Waals surface area contributed by atoms with Gasteiger partial charge in [0, 0.05) is 37.0 Å². The highest BCUT2D eigenvalue weighted by Crippen LogP contribution is 2.37. The maximum absolute atomic E-state index is 13.5. The van der Waals surface area contributed by atoms with Crippen LogP contribution in [-0.4, -0.2) is 48.2 Å². The van der Waals surface area contributed by atoms with Crippen molar-refractivity contribution in [1.29, 1.82) is 0 Å². The number of nitrogens with one attached hydrogen (secondary N) is 2. The predicted octanol–water partition coefficient (Wildman–Crippen LogP) is 2.71. The van der Waals surface area contributed by atoms with Crippen LogP contribution < -0.4 is 22.1 Å². The molecule has 1 saturated carbocycles. The van der Waals surface area contributed by atoms with Crippen molar-refractivity contribution >= 4 is 11.8 Å². The van der Waals surface area contributed by atoms with Crippen molar-refractivity contribution in [3.05, 3.63) is 72.4 Å². The first kappa shape index (κ1) is 29.4. The Morgan fingerprint density at radius 3 is 2.25 bits per heavy atom. The van der Waals surface area contributed by atoms with Crippen LogP contribution >= 0.6 is 0 Å². The van der Waals surface area contributed by atoms with Crippen LogP contribution in [0.3, 0.4) is 0 Å². The molecule has 0 spiro atoms. The number of rotatable bonds is 14. The minimum atomic E-state index is -1.36. The molecular weight excluding hydrogens is 466 g/mol. The highest BCUT2D eigenvalue weighted by molar-refractivity contribution is 5.81. The first-order valence-electron chi connectivity index (χ1n) is 12.2. The lowest BCUT2D eigenvalue weighted by molar-refractivity contribution is -0.130. The maximum Gasteiger partial charge on any atom is 0.250 e. The molecule has 0 saturated heterocycles. The van der Waals surface area contributed by atoms with Gasteiger partial charge in [0.25, 0.3) is 0 Å². The molecule has 7 N–H and O–H groups in total. The molecule has 1 fully saturated rings. The van der Waals surface area contributed by atoms with Crippen molar-refractivity contribution in [2.75, 3.05) is 13.1 Å². The lowest BCUT2D eigenvalue weighted by Gasteiger charge is -2.30. The second-order valence-electron chi connectivity index (χ2n) is 9.69. The topological polar surface area (TPSA) is 130 Å². The van der Waals surface area contributed by atoms with Crippen LogP contribution in [0.5, 0.6) is 0 Å². The van der Waals surface area contributed by atoms with Crippen LogP contribution in [0.15, 0.2) is 66.8 Å². The van der Waals surface area contributed by atoms with Crippen molar-refractivity contribution < 1.29 is 23.5 Å². The Balaban J connectivity index is 1.85. The number of nitrogens with two attached hydrogens (primary N) is 2. The van der Waals surface area contributed by atoms with E-state index in [-0.39, 0.29) is 29.7 Å². The largest absolute Gasteiger partial charge is 0.382 e. The Morgan fingerprint density at radius 1 is 1.06 bits per heavy atom. The highest BCUT2D eigenvalue weighted by Gasteiger charge is 2.35. The smallest absolute Gasteiger partial charge is 0.250 e. The highest BCUT2D eigenvalue weighted by atomic mass is 19.1. The number of amides is 2. The first-order chi connectivity index (χ1) is 17.0. The van der Waals surface area contributed by atoms with E-state index < -0.39 is 35.7 Å². The standard InChI is InChI=1S/C27H38F2N4O3/c1-18(28)12-21(19(2)29)14-22(30)15-24(34)32-16-27(10-6-7-11-27)17-33-26(36)25(35)23(31)13-20-8-4-3-5-9-20/h3-5,8-9,12,22-23,25,35H,1-2,6-7,10-11,13-17,30-31H2,(H,32,34)(H,33,36)/b21-12-. The molecule has 36 heavy (non-hydrogen) atoms. The molecule has 0 radical (unpaired) electrons. The molecule has 7 nitrogen and oxygen atoms in total. The normalized spacial score (nSPS) is 17.6. The molecule has 3 atom stereocenters. The van der Waals surface area contributed by atoms with E-state index in [0.29, 0.717) is 19.5 Å². The van der Waals surface area contributed by atoms with Crippen LogP contribution in [0.2, 0.25) is 0 Å². The third-order valence-corrected chi connectivity index (χ3v) is 6.56. The van der Waals surface area contributed by atoms with Crippen molar-refractivity contribution in [3.8, 4) is 0 Å². The van der Waals surface area contributed by atoms with Gasteiger partial charge in [0.05, 0.1) is 0 Å². The van der Waals surface area contributed by atoms with E-state index in [1.807, 2.05) is 30.3 Å². The van der Waals surface area contributed by atoms with Gasteiger partial charge in [-0.3, -0.25) is 9.59 Å². The fraction of sp³-hybridized carbons (Fsp3) is 0.481. The molecule has 0 aliphatic heterocycles. The molecule has 9 heteroatoms. The molecule has 0 bridgehead atoms. The van der Waals surface area contributed by atoms with E-state index >= 15 is 0 Å². The molecule has 198 valence electrons. The monoisotopic (exact) mass is 504 g/mol. The lowest BCUT2D eigenvalue weighted by atomic mass is 9.85. The summed E-state index contributed by atoms with van der Waals surface area (Å²) in [4.78, 5) is 25.0. The Hall–Kier alpha value is -2.88. The second-order valence-corrected chi connectivity index (χ2v) is 9.69. The average molecular weight is 505 g/mol. The summed E-state index contributed by atoms with van der Waals surface area (Å²) >= 11 is 0. The van der Waals surface area contributed by atoms with Crippen LogP contribution in [0.4, 0.5) is 8.78 Å². The number of carbonyl (C=O) groups is 2. The fourth-order valence-corrected chi connectivity index (χ4v) is 4.50. The zero-order valence-corrected chi connectivity index (χ0v) is 20.6. The van der Waals surface area contributed by atoms with E-state index in [2.05, 4.69) is 23.8 Å². The molecule has 3 unspecified atom stereocenters. The number of hydrogen-bond donors (Lipinski definition) is 5. The molecule has 2 rings (SSSR count). The van der Waals surface area contributed by atoms with E-state index in [1.54, 1.807) is 0 Å². The van der Waals surface area contributed by atoms with E-state index in [0.717, 1.165) is 37.3 Å². The van der Waals surface area contributed by atoms with Crippen LogP contribution in [-0.2, 0) is 16.0 Å². The number of aliphatic hydroxyl groups excluding tert-OH is 1. The summed E-state index contributed by atoms with van der Waals surface area (Å²) in [6.07, 6.45) is 3.30. The van der Waals surface area contributed by atoms with Crippen LogP contribution in [0.25, 0.3) is 0 Å². The van der Waals surface area contributed by atoms with Crippen molar-refractivity contribution in [1.82, 2.24) is 10.6 Å². The molecule has 0 aromatic heterocycles. The van der Waals surface area contributed by atoms with E-state index in [9.17, 15) is 23.5 Å². The van der Waals surface area contributed by atoms with E-state index in [4.69, 9.17) is 11.5 Å². The molecule has 1 aliphatic carbocycles. The second kappa shape index (κ2) is 14.0. The Kier molecular flexibility index (Phi) is 11.4. The van der Waals surface area contributed by atoms with Gasteiger partial charge in [0.2, 0.25) is 11.8 Å². The van der Waals surface area contributed by atoms with Crippen molar-refractivity contribution in [3.63, 3.8) is 0 Å². The van der Waals surface area contributed by atoms with Gasteiger partial charge < -0.3 is 27.2 Å². The van der Waals surface area contributed by atoms with Gasteiger partial charge in [0.1, 0.15) is 17.8 Å². The third kappa shape index (κ3) is 9.64. The van der Waals surface area contributed by atoms with Gasteiger partial charge in [-0.15, -0.1) is 0 Å². The summed E-state index contributed by atoms with van der Waals surface area (Å²) in [7, 11) is 0. The van der Waals surface area contributed by atoms with Gasteiger partial charge in [-0.25, -0.2) is 8.78 Å². The molecule has 1 aromatic rings. The number of allylic oxidation sites excluding steroid dienone is 3. The summed E-state index contributed by atoms with van der Waals surface area (Å²) < 4.78 is 26.5. The maximum atomic E-state index is 13.5. The lowest BCUT2D eigenvalue weighted by Crippen LogP contribution is -2.51. The third-order valence-electron chi connectivity index (χ3n) is 6.56. The average Bonchev–Trinajstić information content (AvgIpc) is 3.30. The summed E-state index contributed by atoms with van der Waals surface area (Å²) in [6, 6.07) is 7.91. The summed E-state index contributed by atoms with van der Waals surface area (Å²) in [6.45, 7) is 6.85. The first-order valence-corrected chi connectivity index (χ1v) is 12.2. The molecular formula is C27H38F2N4O3. The van der Waals surface area contributed by atoms with Gasteiger partial charge >= 0.3 is 0 Å². The van der Waals surface area contributed by atoms with Crippen LogP contribution in [0.1, 0.15) is 44.1 Å². The molecule has 2 amide bonds. The predicted molar refractivity (Wildman–Crippen MR) is 137 cm³/mol. The number of benzene rings is 1. The quantitative estimate of drug-likeness (QED) is 0.249. The minimum absolute atomic E-state index is 0.0400. The molecule has 1 aliphatic rings.